The summed E-state index contributed by atoms with van der Waals surface area (Å²) >= 11 is 1.74. The number of aliphatic hydroxyl groups is 1. The molecule has 3 heteroatoms. The van der Waals surface area contributed by atoms with Crippen LogP contribution < -0.4 is 0 Å². The molecule has 0 radical (unpaired) electrons. The van der Waals surface area contributed by atoms with Crippen LogP contribution in [0.4, 0.5) is 0 Å². The number of aryl methyl sites for hydroxylation is 1. The van der Waals surface area contributed by atoms with Gasteiger partial charge >= 0.3 is 0 Å². The van der Waals surface area contributed by atoms with Gasteiger partial charge in [-0.2, -0.15) is 0 Å². The third-order valence-corrected chi connectivity index (χ3v) is 3.05. The molecule has 0 aliphatic heterocycles. The van der Waals surface area contributed by atoms with Crippen molar-refractivity contribution in [3.63, 3.8) is 0 Å². The summed E-state index contributed by atoms with van der Waals surface area (Å²) in [6, 6.07) is 0. The Kier molecular flexibility index (Phi) is 4.39. The molecular formula is C10H17NOS. The molecule has 1 atom stereocenters. The fourth-order valence-electron chi connectivity index (χ4n) is 1.45. The Morgan fingerprint density at radius 2 is 2.38 bits per heavy atom. The first kappa shape index (κ1) is 10.7. The van der Waals surface area contributed by atoms with E-state index in [9.17, 15) is 0 Å². The molecule has 0 spiro atoms. The summed E-state index contributed by atoms with van der Waals surface area (Å²) in [5.74, 6) is 0.421. The summed E-state index contributed by atoms with van der Waals surface area (Å²) in [5.41, 5.74) is 0. The van der Waals surface area contributed by atoms with Crippen LogP contribution in [0.1, 0.15) is 29.7 Å². The van der Waals surface area contributed by atoms with Crippen molar-refractivity contribution in [2.24, 2.45) is 5.92 Å². The van der Waals surface area contributed by atoms with Crippen LogP contribution in [-0.4, -0.2) is 16.7 Å². The molecule has 0 fully saturated rings. The minimum absolute atomic E-state index is 0.296. The Labute approximate surface area is 83.6 Å². The predicted octanol–water partition coefficient (Wildman–Crippen LogP) is 2.40. The molecule has 1 rings (SSSR count). The molecular weight excluding hydrogens is 182 g/mol. The lowest BCUT2D eigenvalue weighted by Crippen LogP contribution is -2.08. The molecule has 0 aliphatic carbocycles. The minimum Gasteiger partial charge on any atom is -0.396 e. The number of aromatic nitrogens is 1. The van der Waals surface area contributed by atoms with E-state index in [0.29, 0.717) is 12.5 Å². The van der Waals surface area contributed by atoms with Gasteiger partial charge in [-0.15, -0.1) is 11.3 Å². The van der Waals surface area contributed by atoms with E-state index in [-0.39, 0.29) is 0 Å². The lowest BCUT2D eigenvalue weighted by atomic mass is 10.0. The average Bonchev–Trinajstić information content (AvgIpc) is 2.50. The Bertz CT molecular complexity index is 247. The molecule has 1 aromatic heterocycles. The maximum atomic E-state index is 9.11. The topological polar surface area (TPSA) is 33.1 Å². The fraction of sp³-hybridized carbons (Fsp3) is 0.700. The Hall–Kier alpha value is -0.410. The molecule has 13 heavy (non-hydrogen) atoms. The Morgan fingerprint density at radius 1 is 1.62 bits per heavy atom. The van der Waals surface area contributed by atoms with Gasteiger partial charge in [0.1, 0.15) is 0 Å². The molecule has 0 amide bonds. The zero-order valence-corrected chi connectivity index (χ0v) is 9.10. The van der Waals surface area contributed by atoms with Crippen molar-refractivity contribution in [3.8, 4) is 0 Å². The summed E-state index contributed by atoms with van der Waals surface area (Å²) in [6.45, 7) is 4.47. The average molecular weight is 199 g/mol. The number of thiazole rings is 1. The Balaban J connectivity index is 2.46. The predicted molar refractivity (Wildman–Crippen MR) is 56.0 cm³/mol. The smallest absolute Gasteiger partial charge is 0.0896 e. The zero-order chi connectivity index (χ0) is 9.68. The van der Waals surface area contributed by atoms with Gasteiger partial charge in [0.2, 0.25) is 0 Å². The first-order valence-electron chi connectivity index (χ1n) is 4.78. The largest absolute Gasteiger partial charge is 0.396 e. The van der Waals surface area contributed by atoms with E-state index in [1.807, 2.05) is 13.1 Å². The van der Waals surface area contributed by atoms with Crippen molar-refractivity contribution in [3.05, 3.63) is 16.1 Å². The molecule has 0 aromatic carbocycles. The highest BCUT2D eigenvalue weighted by Gasteiger charge is 2.08. The van der Waals surface area contributed by atoms with Crippen molar-refractivity contribution in [2.45, 2.75) is 33.1 Å². The lowest BCUT2D eigenvalue weighted by Gasteiger charge is -2.10. The third-order valence-electron chi connectivity index (χ3n) is 2.11. The summed E-state index contributed by atoms with van der Waals surface area (Å²) < 4.78 is 0. The maximum Gasteiger partial charge on any atom is 0.0896 e. The van der Waals surface area contributed by atoms with Gasteiger partial charge in [-0.05, 0) is 25.7 Å². The summed E-state index contributed by atoms with van der Waals surface area (Å²) in [4.78, 5) is 5.50. The second-order valence-electron chi connectivity index (χ2n) is 3.39. The molecule has 1 unspecified atom stereocenters. The monoisotopic (exact) mass is 199 g/mol. The van der Waals surface area contributed by atoms with Gasteiger partial charge in [-0.25, -0.2) is 4.98 Å². The number of nitrogens with zero attached hydrogens (tertiary/aromatic N) is 1. The number of hydrogen-bond acceptors (Lipinski definition) is 3. The molecule has 1 aromatic rings. The van der Waals surface area contributed by atoms with Gasteiger partial charge in [0.15, 0.2) is 0 Å². The van der Waals surface area contributed by atoms with Gasteiger partial charge in [-0.1, -0.05) is 13.3 Å². The van der Waals surface area contributed by atoms with Crippen molar-refractivity contribution in [1.29, 1.82) is 0 Å². The summed E-state index contributed by atoms with van der Waals surface area (Å²) in [7, 11) is 0. The fourth-order valence-corrected chi connectivity index (χ4v) is 2.36. The zero-order valence-electron chi connectivity index (χ0n) is 8.29. The molecule has 2 nitrogen and oxygen atoms in total. The highest BCUT2D eigenvalue weighted by molar-refractivity contribution is 7.11. The summed E-state index contributed by atoms with van der Waals surface area (Å²) in [6.07, 6.45) is 5.16. The normalized spacial score (nSPS) is 13.2. The number of hydrogen-bond donors (Lipinski definition) is 1. The van der Waals surface area contributed by atoms with Gasteiger partial charge in [0, 0.05) is 17.7 Å². The first-order chi connectivity index (χ1) is 6.26. The molecule has 0 bridgehead atoms. The van der Waals surface area contributed by atoms with E-state index in [1.54, 1.807) is 11.3 Å². The highest BCUT2D eigenvalue weighted by atomic mass is 32.1. The third kappa shape index (κ3) is 3.44. The van der Waals surface area contributed by atoms with E-state index in [0.717, 1.165) is 24.3 Å². The van der Waals surface area contributed by atoms with Crippen molar-refractivity contribution in [2.75, 3.05) is 6.61 Å². The molecule has 0 saturated heterocycles. The van der Waals surface area contributed by atoms with Crippen LogP contribution in [0, 0.1) is 12.8 Å². The van der Waals surface area contributed by atoms with Crippen LogP contribution in [-0.2, 0) is 6.42 Å². The van der Waals surface area contributed by atoms with E-state index in [1.165, 1.54) is 4.88 Å². The summed E-state index contributed by atoms with van der Waals surface area (Å²) in [5, 5.41) is 10.2. The SMILES string of the molecule is CCCC(CO)Cc1cnc(C)s1. The van der Waals surface area contributed by atoms with E-state index in [4.69, 9.17) is 5.11 Å². The highest BCUT2D eigenvalue weighted by Crippen LogP contribution is 2.18. The van der Waals surface area contributed by atoms with Crippen LogP contribution in [0.15, 0.2) is 6.20 Å². The second kappa shape index (κ2) is 5.35. The maximum absolute atomic E-state index is 9.11. The van der Waals surface area contributed by atoms with Gasteiger partial charge < -0.3 is 5.11 Å². The molecule has 74 valence electrons. The van der Waals surface area contributed by atoms with E-state index >= 15 is 0 Å². The quantitative estimate of drug-likeness (QED) is 0.790. The molecule has 1 heterocycles. The minimum atomic E-state index is 0.296. The van der Waals surface area contributed by atoms with E-state index in [2.05, 4.69) is 11.9 Å². The molecule has 0 saturated carbocycles. The second-order valence-corrected chi connectivity index (χ2v) is 4.71. The number of rotatable bonds is 5. The standard InChI is InChI=1S/C10H17NOS/c1-3-4-9(7-12)5-10-6-11-8(2)13-10/h6,9,12H,3-5,7H2,1-2H3. The lowest BCUT2D eigenvalue weighted by molar-refractivity contribution is 0.217. The van der Waals surface area contributed by atoms with E-state index < -0.39 is 0 Å². The van der Waals surface area contributed by atoms with Crippen molar-refractivity contribution in [1.82, 2.24) is 4.98 Å². The number of aliphatic hydroxyl groups excluding tert-OH is 1. The van der Waals surface area contributed by atoms with Crippen molar-refractivity contribution < 1.29 is 5.11 Å². The van der Waals surface area contributed by atoms with Gasteiger partial charge in [-0.3, -0.25) is 0 Å². The molecule has 1 N–H and O–H groups in total. The first-order valence-corrected chi connectivity index (χ1v) is 5.60. The molecule has 0 aliphatic rings. The van der Waals surface area contributed by atoms with Crippen LogP contribution in [0.2, 0.25) is 0 Å². The van der Waals surface area contributed by atoms with Gasteiger partial charge in [0.05, 0.1) is 5.01 Å². The van der Waals surface area contributed by atoms with Crippen LogP contribution >= 0.6 is 11.3 Å². The van der Waals surface area contributed by atoms with Gasteiger partial charge in [0.25, 0.3) is 0 Å². The Morgan fingerprint density at radius 3 is 2.85 bits per heavy atom. The van der Waals surface area contributed by atoms with Crippen LogP contribution in [0.5, 0.6) is 0 Å². The van der Waals surface area contributed by atoms with Crippen LogP contribution in [0.25, 0.3) is 0 Å². The van der Waals surface area contributed by atoms with Crippen molar-refractivity contribution >= 4 is 11.3 Å². The van der Waals surface area contributed by atoms with Crippen LogP contribution in [0.3, 0.4) is 0 Å².